The first-order valence-corrected chi connectivity index (χ1v) is 11.0. The Kier molecular flexibility index (Phi) is 4.82. The Hall–Kier alpha value is -2.48. The van der Waals surface area contributed by atoms with Gasteiger partial charge in [-0.25, -0.2) is 8.42 Å². The number of sulfone groups is 1. The van der Waals surface area contributed by atoms with Crippen molar-refractivity contribution in [1.29, 1.82) is 0 Å². The van der Waals surface area contributed by atoms with Crippen LogP contribution in [0.1, 0.15) is 12.0 Å². The molecule has 0 unspecified atom stereocenters. The highest BCUT2D eigenvalue weighted by molar-refractivity contribution is 8.15. The summed E-state index contributed by atoms with van der Waals surface area (Å²) in [5, 5.41) is 0. The Morgan fingerprint density at radius 2 is 1.37 bits per heavy atom. The van der Waals surface area contributed by atoms with Crippen LogP contribution < -0.4 is 0 Å². The van der Waals surface area contributed by atoms with Gasteiger partial charge >= 0.3 is 0 Å². The maximum atomic E-state index is 13.5. The maximum absolute atomic E-state index is 13.5. The molecule has 0 spiro atoms. The van der Waals surface area contributed by atoms with Crippen LogP contribution >= 0.6 is 11.8 Å². The number of rotatable bonds is 4. The van der Waals surface area contributed by atoms with Crippen molar-refractivity contribution in [3.05, 3.63) is 96.6 Å². The first kappa shape index (κ1) is 17.9. The van der Waals surface area contributed by atoms with Crippen LogP contribution in [0, 0.1) is 17.8 Å². The Bertz CT molecular complexity index is 1080. The second-order valence-electron chi connectivity index (χ2n) is 6.44. The summed E-state index contributed by atoms with van der Waals surface area (Å²) in [5.41, 5.74) is 0.903. The summed E-state index contributed by atoms with van der Waals surface area (Å²) in [4.78, 5) is 1.30. The van der Waals surface area contributed by atoms with E-state index in [9.17, 15) is 8.42 Å². The first-order valence-electron chi connectivity index (χ1n) is 8.72. The number of hydrogen-bond donors (Lipinski definition) is 0. The molecule has 0 aromatic heterocycles. The van der Waals surface area contributed by atoms with Gasteiger partial charge in [-0.3, -0.25) is 0 Å². The van der Waals surface area contributed by atoms with E-state index >= 15 is 0 Å². The summed E-state index contributed by atoms with van der Waals surface area (Å²) in [6, 6.07) is 28.1. The van der Waals surface area contributed by atoms with Crippen LogP contribution in [0.5, 0.6) is 0 Å². The molecule has 134 valence electrons. The summed E-state index contributed by atoms with van der Waals surface area (Å²) in [6.45, 7) is 0. The van der Waals surface area contributed by atoms with Crippen LogP contribution in [0.25, 0.3) is 0 Å². The van der Waals surface area contributed by atoms with E-state index in [1.165, 1.54) is 11.8 Å². The van der Waals surface area contributed by atoms with Crippen molar-refractivity contribution >= 4 is 21.6 Å². The number of thioether (sulfide) groups is 1. The van der Waals surface area contributed by atoms with Crippen LogP contribution in [-0.4, -0.2) is 12.5 Å². The van der Waals surface area contributed by atoms with Gasteiger partial charge in [0.2, 0.25) is 0 Å². The first-order chi connectivity index (χ1) is 13.1. The smallest absolute Gasteiger partial charge is 0.194 e. The van der Waals surface area contributed by atoms with Crippen LogP contribution in [-0.2, 0) is 9.84 Å². The predicted octanol–water partition coefficient (Wildman–Crippen LogP) is 5.02. The molecular formula is C23H18O2S2. The van der Waals surface area contributed by atoms with E-state index in [0.29, 0.717) is 11.3 Å². The fourth-order valence-electron chi connectivity index (χ4n) is 3.03. The van der Waals surface area contributed by atoms with Crippen LogP contribution in [0.4, 0.5) is 0 Å². The van der Waals surface area contributed by atoms with Crippen molar-refractivity contribution in [3.63, 3.8) is 0 Å². The highest BCUT2D eigenvalue weighted by Gasteiger charge is 2.64. The van der Waals surface area contributed by atoms with Crippen LogP contribution in [0.3, 0.4) is 0 Å². The lowest BCUT2D eigenvalue weighted by Crippen LogP contribution is -2.22. The molecule has 1 aliphatic carbocycles. The van der Waals surface area contributed by atoms with Gasteiger partial charge in [-0.2, -0.15) is 0 Å². The highest BCUT2D eigenvalue weighted by atomic mass is 32.3. The third-order valence-corrected chi connectivity index (χ3v) is 9.03. The highest BCUT2D eigenvalue weighted by Crippen LogP contribution is 2.61. The molecule has 4 rings (SSSR count). The van der Waals surface area contributed by atoms with E-state index in [0.717, 1.165) is 10.5 Å². The molecule has 1 aliphatic rings. The van der Waals surface area contributed by atoms with Crippen molar-refractivity contribution in [3.8, 4) is 11.8 Å². The molecule has 2 atom stereocenters. The molecule has 4 heteroatoms. The summed E-state index contributed by atoms with van der Waals surface area (Å²) < 4.78 is 26.0. The zero-order chi connectivity index (χ0) is 18.7. The monoisotopic (exact) mass is 390 g/mol. The normalized spacial score (nSPS) is 21.1. The van der Waals surface area contributed by atoms with E-state index in [2.05, 4.69) is 11.8 Å². The summed E-state index contributed by atoms with van der Waals surface area (Å²) in [7, 11) is -3.52. The molecule has 0 saturated heterocycles. The third kappa shape index (κ3) is 3.53. The Morgan fingerprint density at radius 1 is 0.815 bits per heavy atom. The van der Waals surface area contributed by atoms with Crippen LogP contribution in [0.2, 0.25) is 0 Å². The molecule has 0 aliphatic heterocycles. The van der Waals surface area contributed by atoms with Gasteiger partial charge in [0.25, 0.3) is 0 Å². The fraction of sp³-hybridized carbons (Fsp3) is 0.130. The van der Waals surface area contributed by atoms with Crippen molar-refractivity contribution < 1.29 is 8.42 Å². The second-order valence-corrected chi connectivity index (χ2v) is 10.3. The summed E-state index contributed by atoms with van der Waals surface area (Å²) in [6.07, 6.45) is 0.531. The average Bonchev–Trinajstić information content (AvgIpc) is 3.43. The minimum atomic E-state index is -3.52. The maximum Gasteiger partial charge on any atom is 0.194 e. The van der Waals surface area contributed by atoms with E-state index in [4.69, 9.17) is 0 Å². The van der Waals surface area contributed by atoms with Gasteiger partial charge < -0.3 is 0 Å². The quantitative estimate of drug-likeness (QED) is 0.587. The Labute approximate surface area is 164 Å². The lowest BCUT2D eigenvalue weighted by Gasteiger charge is -2.17. The fourth-order valence-corrected chi connectivity index (χ4v) is 6.92. The summed E-state index contributed by atoms with van der Waals surface area (Å²) >= 11 is 1.41. The van der Waals surface area contributed by atoms with Gasteiger partial charge in [0.15, 0.2) is 9.84 Å². The van der Waals surface area contributed by atoms with Crippen molar-refractivity contribution in [1.82, 2.24) is 0 Å². The van der Waals surface area contributed by atoms with E-state index < -0.39 is 13.9 Å². The van der Waals surface area contributed by atoms with Gasteiger partial charge in [0.1, 0.15) is 4.08 Å². The van der Waals surface area contributed by atoms with E-state index in [1.54, 1.807) is 24.3 Å². The minimum absolute atomic E-state index is 0.201. The molecular weight excluding hydrogens is 372 g/mol. The number of benzene rings is 3. The molecule has 1 saturated carbocycles. The predicted molar refractivity (Wildman–Crippen MR) is 110 cm³/mol. The van der Waals surface area contributed by atoms with Gasteiger partial charge in [0.05, 0.1) is 10.8 Å². The van der Waals surface area contributed by atoms with Gasteiger partial charge in [-0.05, 0) is 42.8 Å². The molecule has 3 aromatic carbocycles. The largest absolute Gasteiger partial charge is 0.222 e. The molecule has 27 heavy (non-hydrogen) atoms. The molecule has 1 fully saturated rings. The van der Waals surface area contributed by atoms with E-state index in [-0.39, 0.29) is 5.92 Å². The average molecular weight is 391 g/mol. The third-order valence-electron chi connectivity index (χ3n) is 4.57. The molecule has 3 aromatic rings. The lowest BCUT2D eigenvalue weighted by molar-refractivity contribution is 0.591. The number of hydrogen-bond acceptors (Lipinski definition) is 3. The molecule has 0 heterocycles. The van der Waals surface area contributed by atoms with Crippen LogP contribution in [0.15, 0.2) is 101 Å². The zero-order valence-corrected chi connectivity index (χ0v) is 16.2. The SMILES string of the molecule is O=S(=O)(c1ccccc1)[C@@]1(Sc2ccccc2)C[C@@H]1C#Cc1ccccc1. The van der Waals surface area contributed by atoms with Gasteiger partial charge in [-0.1, -0.05) is 66.4 Å². The molecule has 0 radical (unpaired) electrons. The van der Waals surface area contributed by atoms with Gasteiger partial charge in [-0.15, -0.1) is 11.8 Å². The van der Waals surface area contributed by atoms with Crippen molar-refractivity contribution in [2.45, 2.75) is 20.3 Å². The summed E-state index contributed by atoms with van der Waals surface area (Å²) in [5.74, 6) is 6.15. The zero-order valence-electron chi connectivity index (χ0n) is 14.6. The topological polar surface area (TPSA) is 34.1 Å². The van der Waals surface area contributed by atoms with Crippen molar-refractivity contribution in [2.24, 2.45) is 5.92 Å². The molecule has 0 amide bonds. The molecule has 0 bridgehead atoms. The lowest BCUT2D eigenvalue weighted by atomic mass is 10.2. The Morgan fingerprint density at radius 3 is 2.00 bits per heavy atom. The standard InChI is InChI=1S/C23H18O2S2/c24-27(25,22-14-8-3-9-15-22)23(26-21-12-6-2-7-13-21)18-20(23)17-16-19-10-4-1-5-11-19/h1-15,20H,18H2/t20-,23-/m0/s1. The second kappa shape index (κ2) is 7.26. The minimum Gasteiger partial charge on any atom is -0.222 e. The molecule has 2 nitrogen and oxygen atoms in total. The van der Waals surface area contributed by atoms with E-state index in [1.807, 2.05) is 66.7 Å². The van der Waals surface area contributed by atoms with Gasteiger partial charge in [0, 0.05) is 10.5 Å². The Balaban J connectivity index is 1.71. The van der Waals surface area contributed by atoms with Crippen molar-refractivity contribution in [2.75, 3.05) is 0 Å². The molecule has 0 N–H and O–H groups in total.